The van der Waals surface area contributed by atoms with E-state index in [-0.39, 0.29) is 6.10 Å². The largest absolute Gasteiger partial charge is 0.407 e. The van der Waals surface area contributed by atoms with Gasteiger partial charge in [0.2, 0.25) is 8.32 Å². The van der Waals surface area contributed by atoms with Crippen LogP contribution in [0.25, 0.3) is 0 Å². The van der Waals surface area contributed by atoms with Crippen molar-refractivity contribution < 1.29 is 9.22 Å². The Kier molecular flexibility index (Phi) is 5.09. The van der Waals surface area contributed by atoms with Gasteiger partial charge in [0.25, 0.3) is 0 Å². The molecule has 0 fully saturated rings. The van der Waals surface area contributed by atoms with E-state index in [4.69, 9.17) is 4.43 Å². The van der Waals surface area contributed by atoms with Crippen LogP contribution in [0.15, 0.2) is 35.6 Å². The Bertz CT molecular complexity index is 353. The summed E-state index contributed by atoms with van der Waals surface area (Å²) < 4.78 is 6.12. The maximum Gasteiger partial charge on any atom is 0.218 e. The summed E-state index contributed by atoms with van der Waals surface area (Å²) in [5.41, 5.74) is 1.14. The monoisotopic (exact) mass is 250 g/mol. The molecule has 0 aromatic heterocycles. The van der Waals surface area contributed by atoms with Gasteiger partial charge in [0.1, 0.15) is 6.29 Å². The quantitative estimate of drug-likeness (QED) is 0.312. The average Bonchev–Trinajstić information content (AvgIpc) is 2.53. The molecule has 0 radical (unpaired) electrons. The predicted molar refractivity (Wildman–Crippen MR) is 74.3 cm³/mol. The highest BCUT2D eigenvalue weighted by Crippen LogP contribution is 2.32. The molecule has 17 heavy (non-hydrogen) atoms. The van der Waals surface area contributed by atoms with Crippen molar-refractivity contribution in [2.75, 3.05) is 0 Å². The summed E-state index contributed by atoms with van der Waals surface area (Å²) in [6.45, 7) is 10.5. The van der Waals surface area contributed by atoms with Gasteiger partial charge in [-0.3, -0.25) is 4.79 Å². The first kappa shape index (κ1) is 14.1. The van der Waals surface area contributed by atoms with E-state index in [0.29, 0.717) is 0 Å². The lowest BCUT2D eigenvalue weighted by Crippen LogP contribution is -2.31. The van der Waals surface area contributed by atoms with Crippen LogP contribution in [0.4, 0.5) is 0 Å². The van der Waals surface area contributed by atoms with Crippen molar-refractivity contribution in [2.45, 2.75) is 45.4 Å². The van der Waals surface area contributed by atoms with Crippen molar-refractivity contribution in [1.82, 2.24) is 0 Å². The topological polar surface area (TPSA) is 26.3 Å². The van der Waals surface area contributed by atoms with E-state index < -0.39 is 8.32 Å². The number of hydrogen-bond donors (Lipinski definition) is 0. The lowest BCUT2D eigenvalue weighted by Gasteiger charge is -2.21. The molecule has 1 aliphatic rings. The molecule has 1 rings (SSSR count). The molecule has 1 heterocycles. The van der Waals surface area contributed by atoms with Gasteiger partial charge in [-0.2, -0.15) is 0 Å². The van der Waals surface area contributed by atoms with Gasteiger partial charge in [0.05, 0.1) is 6.10 Å². The number of allylic oxidation sites excluding steroid dienone is 4. The van der Waals surface area contributed by atoms with E-state index in [9.17, 15) is 4.79 Å². The van der Waals surface area contributed by atoms with E-state index in [1.54, 1.807) is 6.08 Å². The molecule has 0 aromatic rings. The number of rotatable bonds is 6. The van der Waals surface area contributed by atoms with E-state index in [2.05, 4.69) is 32.7 Å². The van der Waals surface area contributed by atoms with Crippen LogP contribution in [0.3, 0.4) is 0 Å². The summed E-state index contributed by atoms with van der Waals surface area (Å²) in [4.78, 5) is 10.1. The van der Waals surface area contributed by atoms with Gasteiger partial charge in [0, 0.05) is 0 Å². The molecule has 1 unspecified atom stereocenters. The Hall–Kier alpha value is -0.933. The molecular formula is C14H22O2Si. The molecule has 2 nitrogen and oxygen atoms in total. The predicted octanol–water partition coefficient (Wildman–Crippen LogP) is 3.56. The molecule has 0 N–H and O–H groups in total. The van der Waals surface area contributed by atoms with E-state index in [0.717, 1.165) is 31.1 Å². The third-order valence-electron chi connectivity index (χ3n) is 2.98. The van der Waals surface area contributed by atoms with Crippen LogP contribution in [0, 0.1) is 0 Å². The summed E-state index contributed by atoms with van der Waals surface area (Å²) in [6.07, 6.45) is 9.80. The van der Waals surface area contributed by atoms with Crippen LogP contribution in [-0.2, 0) is 9.22 Å². The molecule has 3 heteroatoms. The Balaban J connectivity index is 2.45. The Morgan fingerprint density at radius 3 is 2.82 bits per heavy atom. The van der Waals surface area contributed by atoms with Crippen LogP contribution in [0.5, 0.6) is 0 Å². The number of carbonyl (C=O) groups is 1. The summed E-state index contributed by atoms with van der Waals surface area (Å²) in [7, 11) is -1.68. The van der Waals surface area contributed by atoms with E-state index in [1.807, 2.05) is 6.08 Å². The van der Waals surface area contributed by atoms with Crippen molar-refractivity contribution in [1.29, 1.82) is 0 Å². The fourth-order valence-corrected chi connectivity index (χ4v) is 4.93. The zero-order valence-corrected chi connectivity index (χ0v) is 12.0. The molecule has 0 aliphatic carbocycles. The molecule has 1 aliphatic heterocycles. The Morgan fingerprint density at radius 2 is 2.29 bits per heavy atom. The van der Waals surface area contributed by atoms with Gasteiger partial charge in [0.15, 0.2) is 0 Å². The molecule has 0 amide bonds. The number of aldehydes is 1. The third kappa shape index (κ3) is 4.09. The van der Waals surface area contributed by atoms with Crippen LogP contribution >= 0.6 is 0 Å². The maximum absolute atomic E-state index is 10.1. The summed E-state index contributed by atoms with van der Waals surface area (Å²) in [5.74, 6) is 0. The van der Waals surface area contributed by atoms with Gasteiger partial charge in [-0.1, -0.05) is 24.3 Å². The lowest BCUT2D eigenvalue weighted by atomic mass is 10.1. The first-order valence-corrected chi connectivity index (χ1v) is 9.04. The molecule has 0 saturated heterocycles. The van der Waals surface area contributed by atoms with Crippen LogP contribution < -0.4 is 0 Å². The SMILES string of the molecule is C=C(C)C1=CC(CCC/C=C/C=O)O[Si]1(C)C. The lowest BCUT2D eigenvalue weighted by molar-refractivity contribution is -0.104. The number of carbonyl (C=O) groups excluding carboxylic acids is 1. The molecule has 0 bridgehead atoms. The molecule has 1 atom stereocenters. The zero-order valence-electron chi connectivity index (χ0n) is 11.0. The second kappa shape index (κ2) is 6.12. The summed E-state index contributed by atoms with van der Waals surface area (Å²) >= 11 is 0. The third-order valence-corrected chi connectivity index (χ3v) is 5.76. The first-order chi connectivity index (χ1) is 7.97. The molecule has 0 saturated carbocycles. The fraction of sp³-hybridized carbons (Fsp3) is 0.500. The molecular weight excluding hydrogens is 228 g/mol. The second-order valence-electron chi connectivity index (χ2n) is 5.02. The standard InChI is InChI=1S/C14H22O2Si/c1-12(2)14-11-13(16-17(14,3)4)9-7-5-6-8-10-15/h6,8,10-11,13H,1,5,7,9H2,2-4H3/b8-6+. The molecule has 94 valence electrons. The van der Waals surface area contributed by atoms with Crippen molar-refractivity contribution in [3.05, 3.63) is 35.6 Å². The van der Waals surface area contributed by atoms with Crippen molar-refractivity contribution in [3.63, 3.8) is 0 Å². The number of hydrogen-bond acceptors (Lipinski definition) is 2. The highest BCUT2D eigenvalue weighted by atomic mass is 28.4. The van der Waals surface area contributed by atoms with Gasteiger partial charge in [-0.05, 0) is 50.6 Å². The van der Waals surface area contributed by atoms with Crippen LogP contribution in [-0.4, -0.2) is 20.7 Å². The average molecular weight is 250 g/mol. The molecule has 0 spiro atoms. The van der Waals surface area contributed by atoms with Gasteiger partial charge < -0.3 is 4.43 Å². The highest BCUT2D eigenvalue weighted by molar-refractivity contribution is 6.80. The number of unbranched alkanes of at least 4 members (excludes halogenated alkanes) is 1. The highest BCUT2D eigenvalue weighted by Gasteiger charge is 2.36. The maximum atomic E-state index is 10.1. The first-order valence-electron chi connectivity index (χ1n) is 6.13. The second-order valence-corrected chi connectivity index (χ2v) is 8.82. The van der Waals surface area contributed by atoms with Gasteiger partial charge in [-0.15, -0.1) is 0 Å². The summed E-state index contributed by atoms with van der Waals surface area (Å²) in [5, 5.41) is 1.35. The minimum absolute atomic E-state index is 0.244. The van der Waals surface area contributed by atoms with Gasteiger partial charge in [-0.25, -0.2) is 0 Å². The van der Waals surface area contributed by atoms with Crippen molar-refractivity contribution >= 4 is 14.6 Å². The smallest absolute Gasteiger partial charge is 0.218 e. The van der Waals surface area contributed by atoms with Crippen LogP contribution in [0.2, 0.25) is 13.1 Å². The molecule has 0 aromatic carbocycles. The zero-order chi connectivity index (χ0) is 12.9. The Morgan fingerprint density at radius 1 is 1.59 bits per heavy atom. The van der Waals surface area contributed by atoms with Crippen molar-refractivity contribution in [2.24, 2.45) is 0 Å². The van der Waals surface area contributed by atoms with Crippen molar-refractivity contribution in [3.8, 4) is 0 Å². The fourth-order valence-electron chi connectivity index (χ4n) is 2.25. The van der Waals surface area contributed by atoms with E-state index >= 15 is 0 Å². The minimum atomic E-state index is -1.68. The van der Waals surface area contributed by atoms with Crippen LogP contribution in [0.1, 0.15) is 26.2 Å². The van der Waals surface area contributed by atoms with Gasteiger partial charge >= 0.3 is 0 Å². The Labute approximate surface area is 105 Å². The normalized spacial score (nSPS) is 22.8. The van der Waals surface area contributed by atoms with E-state index in [1.165, 1.54) is 5.20 Å². The minimum Gasteiger partial charge on any atom is -0.407 e. The summed E-state index contributed by atoms with van der Waals surface area (Å²) in [6, 6.07) is 0.